The molecule has 4 N–H and O–H groups in total. The first kappa shape index (κ1) is 27.5. The Morgan fingerprint density at radius 3 is 2.58 bits per heavy atom. The maximum Gasteiger partial charge on any atom is 0.268 e. The molecule has 9 nitrogen and oxygen atoms in total. The van der Waals surface area contributed by atoms with Crippen LogP contribution in [0.1, 0.15) is 59.0 Å². The Morgan fingerprint density at radius 2 is 1.88 bits per heavy atom. The molecule has 3 amide bonds. The fraction of sp³-hybridized carbons (Fsp3) is 0.367. The van der Waals surface area contributed by atoms with Crippen LogP contribution in [0.15, 0.2) is 48.5 Å². The van der Waals surface area contributed by atoms with Crippen molar-refractivity contribution in [2.45, 2.75) is 52.1 Å². The van der Waals surface area contributed by atoms with E-state index in [1.54, 1.807) is 6.07 Å². The van der Waals surface area contributed by atoms with Crippen molar-refractivity contribution in [2.75, 3.05) is 6.54 Å². The molecule has 4 aromatic rings. The van der Waals surface area contributed by atoms with Crippen LogP contribution in [0.5, 0.6) is 0 Å². The van der Waals surface area contributed by atoms with Gasteiger partial charge in [0.05, 0.1) is 16.3 Å². The molecular formula is C30H33N5O4S. The topological polar surface area (TPSA) is 133 Å². The first-order valence-corrected chi connectivity index (χ1v) is 14.4. The molecule has 0 radical (unpaired) electrons. The van der Waals surface area contributed by atoms with Crippen LogP contribution in [-0.2, 0) is 9.59 Å². The number of aryl methyl sites for hydroxylation is 1. The number of fused-ring (bicyclic) bond motifs is 2. The molecule has 2 aromatic heterocycles. The highest BCUT2D eigenvalue weighted by Crippen LogP contribution is 2.25. The minimum Gasteiger partial charge on any atom is -0.356 e. The highest BCUT2D eigenvalue weighted by Gasteiger charge is 2.35. The molecule has 10 heteroatoms. The number of carbonyl (C=O) groups is 4. The van der Waals surface area contributed by atoms with Crippen molar-refractivity contribution in [1.82, 2.24) is 25.9 Å². The molecular weight excluding hydrogens is 526 g/mol. The van der Waals surface area contributed by atoms with Gasteiger partial charge in [0.2, 0.25) is 17.6 Å². The lowest BCUT2D eigenvalue weighted by Gasteiger charge is -2.24. The van der Waals surface area contributed by atoms with Gasteiger partial charge in [-0.1, -0.05) is 38.1 Å². The molecule has 0 unspecified atom stereocenters. The van der Waals surface area contributed by atoms with Gasteiger partial charge in [-0.15, -0.1) is 11.3 Å². The lowest BCUT2D eigenvalue weighted by Crippen LogP contribution is -2.52. The smallest absolute Gasteiger partial charge is 0.268 e. The Hall–Kier alpha value is -4.05. The van der Waals surface area contributed by atoms with E-state index in [1.165, 1.54) is 11.3 Å². The van der Waals surface area contributed by atoms with Crippen molar-refractivity contribution in [3.63, 3.8) is 0 Å². The summed E-state index contributed by atoms with van der Waals surface area (Å²) in [6, 6.07) is 13.2. The largest absolute Gasteiger partial charge is 0.356 e. The van der Waals surface area contributed by atoms with Crippen molar-refractivity contribution in [2.24, 2.45) is 11.8 Å². The Labute approximate surface area is 236 Å². The van der Waals surface area contributed by atoms with Gasteiger partial charge in [-0.3, -0.25) is 19.2 Å². The maximum absolute atomic E-state index is 13.7. The lowest BCUT2D eigenvalue weighted by molar-refractivity contribution is -0.125. The number of hydrogen-bond donors (Lipinski definition) is 4. The summed E-state index contributed by atoms with van der Waals surface area (Å²) >= 11 is 1.26. The van der Waals surface area contributed by atoms with E-state index >= 15 is 0 Å². The van der Waals surface area contributed by atoms with Gasteiger partial charge in [-0.05, 0) is 61.9 Å². The summed E-state index contributed by atoms with van der Waals surface area (Å²) in [5.41, 5.74) is 2.94. The molecule has 1 aliphatic rings. The van der Waals surface area contributed by atoms with Crippen LogP contribution >= 0.6 is 11.3 Å². The average molecular weight is 560 g/mol. The van der Waals surface area contributed by atoms with Crippen molar-refractivity contribution in [1.29, 1.82) is 0 Å². The second kappa shape index (κ2) is 11.6. The number of nitrogens with one attached hydrogen (secondary N) is 4. The number of carbonyl (C=O) groups excluding carboxylic acids is 4. The van der Waals surface area contributed by atoms with E-state index in [-0.39, 0.29) is 29.0 Å². The number of hydrogen-bond acceptors (Lipinski definition) is 6. The second-order valence-corrected chi connectivity index (χ2v) is 11.8. The Bertz CT molecular complexity index is 1560. The van der Waals surface area contributed by atoms with E-state index in [1.807, 2.05) is 63.2 Å². The summed E-state index contributed by atoms with van der Waals surface area (Å²) in [6.07, 6.45) is 1.13. The van der Waals surface area contributed by atoms with Gasteiger partial charge in [0.15, 0.2) is 5.01 Å². The minimum absolute atomic E-state index is 0.0973. The molecule has 0 spiro atoms. The zero-order valence-electron chi connectivity index (χ0n) is 22.7. The number of benzene rings is 2. The third kappa shape index (κ3) is 5.91. The Kier molecular flexibility index (Phi) is 7.97. The number of aromatic amines is 1. The van der Waals surface area contributed by atoms with Crippen LogP contribution in [0, 0.1) is 18.8 Å². The van der Waals surface area contributed by atoms with Gasteiger partial charge >= 0.3 is 0 Å². The number of amides is 3. The molecule has 1 aliphatic heterocycles. The van der Waals surface area contributed by atoms with Gasteiger partial charge in [0, 0.05) is 23.4 Å². The predicted octanol–water partition coefficient (Wildman–Crippen LogP) is 4.12. The summed E-state index contributed by atoms with van der Waals surface area (Å²) in [7, 11) is 0. The normalized spacial score (nSPS) is 16.7. The zero-order chi connectivity index (χ0) is 28.4. The average Bonchev–Trinajstić information content (AvgIpc) is 3.66. The van der Waals surface area contributed by atoms with E-state index in [2.05, 4.69) is 25.9 Å². The molecule has 0 bridgehead atoms. The summed E-state index contributed by atoms with van der Waals surface area (Å²) in [6.45, 7) is 6.44. The number of para-hydroxylation sites is 1. The van der Waals surface area contributed by atoms with Crippen LogP contribution in [-0.4, -0.2) is 52.1 Å². The Balaban J connectivity index is 1.38. The summed E-state index contributed by atoms with van der Waals surface area (Å²) in [4.78, 5) is 60.5. The minimum atomic E-state index is -0.954. The number of aromatic nitrogens is 2. The standard InChI is InChI=1S/C30H33N5O4S/c1-16(2)13-23(34-29(39)24-15-19-17(3)7-6-9-20(19)32-24)28(38)33-22(14-18-11-12-31-27(18)37)26(36)30-35-21-8-4-5-10-25(21)40-30/h4-10,15-16,18,22-23,32H,11-14H2,1-3H3,(H,31,37)(H,33,38)(H,34,39)/t18-,22-,23-/m0/s1. The van der Waals surface area contributed by atoms with Crippen molar-refractivity contribution < 1.29 is 19.2 Å². The van der Waals surface area contributed by atoms with Crippen LogP contribution in [0.2, 0.25) is 0 Å². The van der Waals surface area contributed by atoms with E-state index in [4.69, 9.17) is 0 Å². The summed E-state index contributed by atoms with van der Waals surface area (Å²) in [5, 5.41) is 9.76. The number of H-pyrrole nitrogens is 1. The zero-order valence-corrected chi connectivity index (χ0v) is 23.6. The number of thiazole rings is 1. The van der Waals surface area contributed by atoms with Gasteiger partial charge in [-0.25, -0.2) is 4.98 Å². The summed E-state index contributed by atoms with van der Waals surface area (Å²) in [5.74, 6) is -1.63. The van der Waals surface area contributed by atoms with Crippen molar-refractivity contribution >= 4 is 56.0 Å². The molecule has 0 saturated carbocycles. The van der Waals surface area contributed by atoms with Crippen molar-refractivity contribution in [3.8, 4) is 0 Å². The quantitative estimate of drug-likeness (QED) is 0.217. The number of nitrogens with zero attached hydrogens (tertiary/aromatic N) is 1. The van der Waals surface area contributed by atoms with Gasteiger partial charge in [0.1, 0.15) is 11.7 Å². The van der Waals surface area contributed by atoms with Gasteiger partial charge in [-0.2, -0.15) is 0 Å². The maximum atomic E-state index is 13.7. The highest BCUT2D eigenvalue weighted by molar-refractivity contribution is 7.20. The third-order valence-electron chi connectivity index (χ3n) is 7.28. The molecule has 1 fully saturated rings. The molecule has 1 saturated heterocycles. The SMILES string of the molecule is Cc1cccc2[nH]c(C(=O)N[C@@H](CC(C)C)C(=O)N[C@@H](C[C@@H]3CCNC3=O)C(=O)c3nc4ccccc4s3)cc12. The fourth-order valence-electron chi connectivity index (χ4n) is 5.15. The first-order chi connectivity index (χ1) is 19.2. The van der Waals surface area contributed by atoms with E-state index in [0.29, 0.717) is 30.6 Å². The fourth-order valence-corrected chi connectivity index (χ4v) is 6.11. The molecule has 40 heavy (non-hydrogen) atoms. The van der Waals surface area contributed by atoms with E-state index in [0.717, 1.165) is 21.2 Å². The molecule has 208 valence electrons. The van der Waals surface area contributed by atoms with Gasteiger partial charge in [0.25, 0.3) is 5.91 Å². The highest BCUT2D eigenvalue weighted by atomic mass is 32.1. The number of ketones is 1. The van der Waals surface area contributed by atoms with Crippen LogP contribution in [0.25, 0.3) is 21.1 Å². The molecule has 0 aliphatic carbocycles. The molecule has 3 heterocycles. The predicted molar refractivity (Wildman–Crippen MR) is 155 cm³/mol. The summed E-state index contributed by atoms with van der Waals surface area (Å²) < 4.78 is 0.869. The lowest BCUT2D eigenvalue weighted by atomic mass is 9.95. The third-order valence-corrected chi connectivity index (χ3v) is 8.33. The number of rotatable bonds is 10. The molecule has 5 rings (SSSR count). The van der Waals surface area contributed by atoms with Crippen LogP contribution in [0.4, 0.5) is 0 Å². The first-order valence-electron chi connectivity index (χ1n) is 13.6. The van der Waals surface area contributed by atoms with Crippen molar-refractivity contribution in [3.05, 3.63) is 64.8 Å². The monoisotopic (exact) mass is 559 g/mol. The molecule has 3 atom stereocenters. The van der Waals surface area contributed by atoms with Gasteiger partial charge < -0.3 is 20.9 Å². The Morgan fingerprint density at radius 1 is 1.07 bits per heavy atom. The molecule has 2 aromatic carbocycles. The second-order valence-electron chi connectivity index (χ2n) is 10.8. The van der Waals surface area contributed by atoms with E-state index < -0.39 is 29.8 Å². The number of Topliss-reactive ketones (excluding diaryl/α,β-unsaturated/α-hetero) is 1. The van der Waals surface area contributed by atoms with Crippen LogP contribution < -0.4 is 16.0 Å². The van der Waals surface area contributed by atoms with E-state index in [9.17, 15) is 19.2 Å². The van der Waals surface area contributed by atoms with Crippen LogP contribution in [0.3, 0.4) is 0 Å².